The SMILES string of the molecule is CNc1cc(NCCc2ncon2)ncn1. The van der Waals surface area contributed by atoms with Gasteiger partial charge in [0.25, 0.3) is 0 Å². The fraction of sp³-hybridized carbons (Fsp3) is 0.333. The van der Waals surface area contributed by atoms with E-state index in [4.69, 9.17) is 0 Å². The summed E-state index contributed by atoms with van der Waals surface area (Å²) in [5.41, 5.74) is 0. The molecule has 2 aromatic rings. The molecule has 0 aliphatic heterocycles. The number of hydrogen-bond acceptors (Lipinski definition) is 7. The average Bonchev–Trinajstić information content (AvgIpc) is 2.82. The van der Waals surface area contributed by atoms with Crippen LogP contribution >= 0.6 is 0 Å². The standard InChI is InChI=1S/C9H12N6O/c1-10-8-4-9(13-5-12-8)11-3-2-7-14-6-16-15-7/h4-6H,2-3H2,1H3,(H2,10,11,12,13). The normalized spacial score (nSPS) is 10.1. The van der Waals surface area contributed by atoms with Crippen molar-refractivity contribution < 1.29 is 4.52 Å². The number of nitrogens with one attached hydrogen (secondary N) is 2. The molecular formula is C9H12N6O. The Morgan fingerprint density at radius 1 is 1.25 bits per heavy atom. The van der Waals surface area contributed by atoms with E-state index < -0.39 is 0 Å². The number of rotatable bonds is 5. The van der Waals surface area contributed by atoms with Crippen LogP contribution in [0, 0.1) is 0 Å². The van der Waals surface area contributed by atoms with E-state index >= 15 is 0 Å². The fourth-order valence-corrected chi connectivity index (χ4v) is 1.20. The highest BCUT2D eigenvalue weighted by molar-refractivity contribution is 5.45. The molecule has 0 bridgehead atoms. The first-order valence-electron chi connectivity index (χ1n) is 4.87. The Morgan fingerprint density at radius 3 is 2.88 bits per heavy atom. The Balaban J connectivity index is 1.85. The Labute approximate surface area is 92.3 Å². The highest BCUT2D eigenvalue weighted by Gasteiger charge is 1.99. The number of anilines is 2. The molecule has 2 N–H and O–H groups in total. The summed E-state index contributed by atoms with van der Waals surface area (Å²) in [6, 6.07) is 1.83. The van der Waals surface area contributed by atoms with Crippen LogP contribution in [0.5, 0.6) is 0 Å². The molecule has 84 valence electrons. The van der Waals surface area contributed by atoms with Crippen LogP contribution in [0.25, 0.3) is 0 Å². The minimum atomic E-state index is 0.676. The highest BCUT2D eigenvalue weighted by atomic mass is 16.5. The van der Waals surface area contributed by atoms with Crippen molar-refractivity contribution in [3.8, 4) is 0 Å². The quantitative estimate of drug-likeness (QED) is 0.760. The van der Waals surface area contributed by atoms with Gasteiger partial charge in [-0.3, -0.25) is 0 Å². The van der Waals surface area contributed by atoms with Crippen LogP contribution in [0.4, 0.5) is 11.6 Å². The van der Waals surface area contributed by atoms with Gasteiger partial charge in [-0.2, -0.15) is 4.98 Å². The van der Waals surface area contributed by atoms with E-state index in [-0.39, 0.29) is 0 Å². The maximum absolute atomic E-state index is 4.63. The second-order valence-corrected chi connectivity index (χ2v) is 3.06. The van der Waals surface area contributed by atoms with Crippen molar-refractivity contribution in [1.82, 2.24) is 20.1 Å². The zero-order valence-corrected chi connectivity index (χ0v) is 8.84. The number of nitrogens with zero attached hydrogens (tertiary/aromatic N) is 4. The van der Waals surface area contributed by atoms with E-state index in [9.17, 15) is 0 Å². The van der Waals surface area contributed by atoms with E-state index in [1.807, 2.05) is 13.1 Å². The lowest BCUT2D eigenvalue weighted by Gasteiger charge is -2.04. The molecule has 0 saturated carbocycles. The third-order valence-corrected chi connectivity index (χ3v) is 1.98. The Kier molecular flexibility index (Phi) is 3.27. The van der Waals surface area contributed by atoms with Crippen molar-refractivity contribution in [3.05, 3.63) is 24.6 Å². The van der Waals surface area contributed by atoms with Gasteiger partial charge in [-0.1, -0.05) is 5.16 Å². The first-order chi connectivity index (χ1) is 7.88. The van der Waals surface area contributed by atoms with Crippen LogP contribution in [-0.4, -0.2) is 33.7 Å². The van der Waals surface area contributed by atoms with Gasteiger partial charge in [-0.15, -0.1) is 0 Å². The van der Waals surface area contributed by atoms with Crippen molar-refractivity contribution in [2.75, 3.05) is 24.2 Å². The van der Waals surface area contributed by atoms with Crippen LogP contribution in [0.2, 0.25) is 0 Å². The van der Waals surface area contributed by atoms with Crippen LogP contribution in [0.1, 0.15) is 5.82 Å². The summed E-state index contributed by atoms with van der Waals surface area (Å²) < 4.78 is 4.63. The molecule has 0 aromatic carbocycles. The van der Waals surface area contributed by atoms with Crippen LogP contribution < -0.4 is 10.6 Å². The smallest absolute Gasteiger partial charge is 0.213 e. The predicted octanol–water partition coefficient (Wildman–Crippen LogP) is 0.556. The summed E-state index contributed by atoms with van der Waals surface area (Å²) in [6.45, 7) is 0.694. The summed E-state index contributed by atoms with van der Waals surface area (Å²) in [5, 5.41) is 9.80. The Hall–Kier alpha value is -2.18. The number of hydrogen-bond donors (Lipinski definition) is 2. The molecule has 0 amide bonds. The Bertz CT molecular complexity index is 429. The topological polar surface area (TPSA) is 88.8 Å². The lowest BCUT2D eigenvalue weighted by Crippen LogP contribution is -2.07. The Morgan fingerprint density at radius 2 is 2.12 bits per heavy atom. The zero-order valence-electron chi connectivity index (χ0n) is 8.84. The molecule has 7 heteroatoms. The highest BCUT2D eigenvalue weighted by Crippen LogP contribution is 2.07. The summed E-state index contributed by atoms with van der Waals surface area (Å²) in [7, 11) is 1.81. The van der Waals surface area contributed by atoms with E-state index in [0.29, 0.717) is 18.8 Å². The van der Waals surface area contributed by atoms with Gasteiger partial charge in [0.1, 0.15) is 18.0 Å². The van der Waals surface area contributed by atoms with E-state index in [2.05, 4.69) is 35.3 Å². The minimum absolute atomic E-state index is 0.676. The second-order valence-electron chi connectivity index (χ2n) is 3.06. The van der Waals surface area contributed by atoms with Gasteiger partial charge < -0.3 is 15.2 Å². The van der Waals surface area contributed by atoms with Crippen molar-refractivity contribution in [2.45, 2.75) is 6.42 Å². The van der Waals surface area contributed by atoms with Gasteiger partial charge in [0.15, 0.2) is 5.82 Å². The first kappa shape index (κ1) is 10.3. The van der Waals surface area contributed by atoms with Gasteiger partial charge in [0.2, 0.25) is 6.39 Å². The lowest BCUT2D eigenvalue weighted by molar-refractivity contribution is 0.410. The first-order valence-corrected chi connectivity index (χ1v) is 4.87. The molecule has 0 atom stereocenters. The van der Waals surface area contributed by atoms with Gasteiger partial charge in [-0.25, -0.2) is 9.97 Å². The molecule has 2 rings (SSSR count). The molecule has 0 aliphatic carbocycles. The second kappa shape index (κ2) is 5.06. The molecule has 0 aliphatic rings. The summed E-state index contributed by atoms with van der Waals surface area (Å²) in [4.78, 5) is 12.0. The van der Waals surface area contributed by atoms with Gasteiger partial charge in [-0.05, 0) is 0 Å². The third kappa shape index (κ3) is 2.66. The van der Waals surface area contributed by atoms with Crippen molar-refractivity contribution in [1.29, 1.82) is 0 Å². The zero-order chi connectivity index (χ0) is 11.2. The van der Waals surface area contributed by atoms with E-state index in [0.717, 1.165) is 11.6 Å². The molecule has 16 heavy (non-hydrogen) atoms. The lowest BCUT2D eigenvalue weighted by atomic mass is 10.4. The third-order valence-electron chi connectivity index (χ3n) is 1.98. The van der Waals surface area contributed by atoms with E-state index in [1.54, 1.807) is 0 Å². The fourth-order valence-electron chi connectivity index (χ4n) is 1.20. The summed E-state index contributed by atoms with van der Waals surface area (Å²) in [5.74, 6) is 2.22. The molecule has 0 fully saturated rings. The van der Waals surface area contributed by atoms with Crippen molar-refractivity contribution in [2.24, 2.45) is 0 Å². The molecule has 0 radical (unpaired) electrons. The summed E-state index contributed by atoms with van der Waals surface area (Å²) >= 11 is 0. The van der Waals surface area contributed by atoms with Crippen molar-refractivity contribution in [3.63, 3.8) is 0 Å². The van der Waals surface area contributed by atoms with Crippen LogP contribution in [0.3, 0.4) is 0 Å². The number of aromatic nitrogens is 4. The average molecular weight is 220 g/mol. The molecular weight excluding hydrogens is 208 g/mol. The summed E-state index contributed by atoms with van der Waals surface area (Å²) in [6.07, 6.45) is 3.51. The largest absolute Gasteiger partial charge is 0.373 e. The van der Waals surface area contributed by atoms with Gasteiger partial charge in [0.05, 0.1) is 0 Å². The molecule has 0 saturated heterocycles. The van der Waals surface area contributed by atoms with Crippen LogP contribution in [0.15, 0.2) is 23.3 Å². The maximum atomic E-state index is 4.63. The molecule has 0 unspecified atom stereocenters. The van der Waals surface area contributed by atoms with Crippen LogP contribution in [-0.2, 0) is 6.42 Å². The van der Waals surface area contributed by atoms with Gasteiger partial charge in [0, 0.05) is 26.1 Å². The van der Waals surface area contributed by atoms with E-state index in [1.165, 1.54) is 12.7 Å². The molecule has 7 nitrogen and oxygen atoms in total. The molecule has 2 heterocycles. The van der Waals surface area contributed by atoms with Gasteiger partial charge >= 0.3 is 0 Å². The monoisotopic (exact) mass is 220 g/mol. The molecule has 0 spiro atoms. The maximum Gasteiger partial charge on any atom is 0.213 e. The molecule has 2 aromatic heterocycles. The van der Waals surface area contributed by atoms with Crippen molar-refractivity contribution >= 4 is 11.6 Å². The predicted molar refractivity (Wildman–Crippen MR) is 58.1 cm³/mol. The minimum Gasteiger partial charge on any atom is -0.373 e.